The standard InChI is InChI=1S/C23H30O6/c1-23(2,3)29-22(25)15-28-18-8-6-7-16(13-18)19(11-12-24)17-9-10-20(26-4)21(14-17)27-5/h6-10,13-14,19,24H,11-12,15H2,1-5H3/t19-/m1/s1. The van der Waals surface area contributed by atoms with Gasteiger partial charge in [0.05, 0.1) is 14.2 Å². The molecular weight excluding hydrogens is 372 g/mol. The molecule has 0 bridgehead atoms. The van der Waals surface area contributed by atoms with Gasteiger partial charge in [0.2, 0.25) is 0 Å². The second kappa shape index (κ2) is 10.2. The predicted molar refractivity (Wildman–Crippen MR) is 111 cm³/mol. The molecule has 0 radical (unpaired) electrons. The van der Waals surface area contributed by atoms with Crippen molar-refractivity contribution >= 4 is 5.97 Å². The van der Waals surface area contributed by atoms with Gasteiger partial charge in [-0.2, -0.15) is 0 Å². The van der Waals surface area contributed by atoms with Gasteiger partial charge in [0.1, 0.15) is 11.4 Å². The minimum absolute atomic E-state index is 0.0298. The Bertz CT molecular complexity index is 809. The normalized spacial score (nSPS) is 12.2. The minimum Gasteiger partial charge on any atom is -0.493 e. The first kappa shape index (κ1) is 22.6. The molecule has 0 amide bonds. The number of methoxy groups -OCH3 is 2. The zero-order chi connectivity index (χ0) is 21.4. The van der Waals surface area contributed by atoms with E-state index >= 15 is 0 Å². The molecule has 0 aromatic heterocycles. The molecule has 0 fully saturated rings. The fourth-order valence-electron chi connectivity index (χ4n) is 3.06. The molecule has 2 aromatic carbocycles. The number of aliphatic hydroxyl groups excluding tert-OH is 1. The van der Waals surface area contributed by atoms with Gasteiger partial charge in [0.25, 0.3) is 0 Å². The maximum absolute atomic E-state index is 11.9. The molecule has 0 aliphatic carbocycles. The zero-order valence-electron chi connectivity index (χ0n) is 17.7. The van der Waals surface area contributed by atoms with Gasteiger partial charge in [-0.3, -0.25) is 0 Å². The average Bonchev–Trinajstić information content (AvgIpc) is 2.69. The highest BCUT2D eigenvalue weighted by Gasteiger charge is 2.19. The summed E-state index contributed by atoms with van der Waals surface area (Å²) in [6.45, 7) is 5.31. The molecule has 0 aliphatic heterocycles. The van der Waals surface area contributed by atoms with Crippen LogP contribution in [0.2, 0.25) is 0 Å². The van der Waals surface area contributed by atoms with Crippen molar-refractivity contribution in [1.82, 2.24) is 0 Å². The first-order chi connectivity index (χ1) is 13.8. The molecule has 158 valence electrons. The van der Waals surface area contributed by atoms with Crippen molar-refractivity contribution in [2.45, 2.75) is 38.7 Å². The topological polar surface area (TPSA) is 74.2 Å². The quantitative estimate of drug-likeness (QED) is 0.641. The lowest BCUT2D eigenvalue weighted by Crippen LogP contribution is -2.27. The molecule has 29 heavy (non-hydrogen) atoms. The fourth-order valence-corrected chi connectivity index (χ4v) is 3.06. The van der Waals surface area contributed by atoms with Crippen LogP contribution >= 0.6 is 0 Å². The number of aliphatic hydroxyl groups is 1. The molecule has 2 aromatic rings. The van der Waals surface area contributed by atoms with Crippen LogP contribution in [0.5, 0.6) is 17.2 Å². The van der Waals surface area contributed by atoms with Crippen LogP contribution in [0.3, 0.4) is 0 Å². The molecule has 0 spiro atoms. The molecule has 6 nitrogen and oxygen atoms in total. The molecule has 0 aliphatic rings. The molecule has 0 heterocycles. The highest BCUT2D eigenvalue weighted by Crippen LogP contribution is 2.35. The van der Waals surface area contributed by atoms with E-state index in [0.717, 1.165) is 11.1 Å². The van der Waals surface area contributed by atoms with Gasteiger partial charge in [0, 0.05) is 12.5 Å². The number of hydrogen-bond acceptors (Lipinski definition) is 6. The van der Waals surface area contributed by atoms with Crippen LogP contribution in [0, 0.1) is 0 Å². The number of hydrogen-bond donors (Lipinski definition) is 1. The van der Waals surface area contributed by atoms with Crippen LogP contribution in [0.4, 0.5) is 0 Å². The molecule has 0 saturated heterocycles. The lowest BCUT2D eigenvalue weighted by atomic mass is 9.88. The summed E-state index contributed by atoms with van der Waals surface area (Å²) < 4.78 is 21.6. The van der Waals surface area contributed by atoms with E-state index < -0.39 is 11.6 Å². The van der Waals surface area contributed by atoms with Gasteiger partial charge in [-0.05, 0) is 62.6 Å². The Balaban J connectivity index is 2.22. The highest BCUT2D eigenvalue weighted by molar-refractivity contribution is 5.71. The van der Waals surface area contributed by atoms with Gasteiger partial charge >= 0.3 is 5.97 Å². The summed E-state index contributed by atoms with van der Waals surface area (Å²) in [5.74, 6) is 1.36. The van der Waals surface area contributed by atoms with E-state index in [0.29, 0.717) is 23.7 Å². The van der Waals surface area contributed by atoms with E-state index in [-0.39, 0.29) is 19.1 Å². The first-order valence-electron chi connectivity index (χ1n) is 9.54. The minimum atomic E-state index is -0.554. The Labute approximate surface area is 172 Å². The maximum atomic E-state index is 11.9. The lowest BCUT2D eigenvalue weighted by molar-refractivity contribution is -0.157. The number of carbonyl (C=O) groups is 1. The maximum Gasteiger partial charge on any atom is 0.344 e. The third-order valence-electron chi connectivity index (χ3n) is 4.26. The zero-order valence-corrected chi connectivity index (χ0v) is 17.7. The van der Waals surface area contributed by atoms with Crippen LogP contribution < -0.4 is 14.2 Å². The Morgan fingerprint density at radius 1 is 1.00 bits per heavy atom. The number of ether oxygens (including phenoxy) is 4. The molecule has 0 unspecified atom stereocenters. The number of esters is 1. The highest BCUT2D eigenvalue weighted by atomic mass is 16.6. The number of rotatable bonds is 9. The van der Waals surface area contributed by atoms with Crippen molar-refractivity contribution in [3.63, 3.8) is 0 Å². The van der Waals surface area contributed by atoms with Gasteiger partial charge in [-0.25, -0.2) is 4.79 Å². The fraction of sp³-hybridized carbons (Fsp3) is 0.435. The van der Waals surface area contributed by atoms with Crippen molar-refractivity contribution in [1.29, 1.82) is 0 Å². The summed E-state index contributed by atoms with van der Waals surface area (Å²) in [6, 6.07) is 13.2. The van der Waals surface area contributed by atoms with E-state index in [1.54, 1.807) is 20.3 Å². The first-order valence-corrected chi connectivity index (χ1v) is 9.54. The molecule has 0 saturated carbocycles. The van der Waals surface area contributed by atoms with E-state index in [1.165, 1.54) is 0 Å². The van der Waals surface area contributed by atoms with Gasteiger partial charge in [0.15, 0.2) is 18.1 Å². The second-order valence-corrected chi connectivity index (χ2v) is 7.63. The van der Waals surface area contributed by atoms with Crippen LogP contribution in [0.15, 0.2) is 42.5 Å². The third kappa shape index (κ3) is 6.68. The second-order valence-electron chi connectivity index (χ2n) is 7.63. The van der Waals surface area contributed by atoms with E-state index in [2.05, 4.69) is 0 Å². The summed E-state index contributed by atoms with van der Waals surface area (Å²) in [7, 11) is 3.18. The van der Waals surface area contributed by atoms with Crippen LogP contribution in [-0.4, -0.2) is 44.1 Å². The van der Waals surface area contributed by atoms with Gasteiger partial charge in [-0.15, -0.1) is 0 Å². The number of benzene rings is 2. The van der Waals surface area contributed by atoms with Crippen molar-refractivity contribution < 1.29 is 28.8 Å². The Morgan fingerprint density at radius 3 is 2.31 bits per heavy atom. The Morgan fingerprint density at radius 2 is 1.69 bits per heavy atom. The lowest BCUT2D eigenvalue weighted by Gasteiger charge is -2.21. The SMILES string of the molecule is COc1ccc([C@H](CCO)c2cccc(OCC(=O)OC(C)(C)C)c2)cc1OC. The molecule has 1 atom stereocenters. The summed E-state index contributed by atoms with van der Waals surface area (Å²) in [5, 5.41) is 9.59. The Kier molecular flexibility index (Phi) is 7.91. The van der Waals surface area contributed by atoms with Crippen molar-refractivity contribution in [2.24, 2.45) is 0 Å². The van der Waals surface area contributed by atoms with E-state index in [4.69, 9.17) is 18.9 Å². The monoisotopic (exact) mass is 402 g/mol. The molecule has 2 rings (SSSR count). The van der Waals surface area contributed by atoms with Crippen molar-refractivity contribution in [3.8, 4) is 17.2 Å². The summed E-state index contributed by atoms with van der Waals surface area (Å²) in [5.41, 5.74) is 1.40. The molecule has 1 N–H and O–H groups in total. The van der Waals surface area contributed by atoms with E-state index in [1.807, 2.05) is 57.2 Å². The molecular formula is C23H30O6. The van der Waals surface area contributed by atoms with Crippen LogP contribution in [0.1, 0.15) is 44.2 Å². The van der Waals surface area contributed by atoms with Crippen LogP contribution in [-0.2, 0) is 9.53 Å². The summed E-state index contributed by atoms with van der Waals surface area (Å²) in [6.07, 6.45) is 0.533. The van der Waals surface area contributed by atoms with Gasteiger partial charge in [-0.1, -0.05) is 18.2 Å². The summed E-state index contributed by atoms with van der Waals surface area (Å²) >= 11 is 0. The average molecular weight is 402 g/mol. The third-order valence-corrected chi connectivity index (χ3v) is 4.26. The van der Waals surface area contributed by atoms with E-state index in [9.17, 15) is 9.90 Å². The van der Waals surface area contributed by atoms with Crippen molar-refractivity contribution in [3.05, 3.63) is 53.6 Å². The Hall–Kier alpha value is -2.73. The predicted octanol–water partition coefficient (Wildman–Crippen LogP) is 3.94. The number of carbonyl (C=O) groups excluding carboxylic acids is 1. The van der Waals surface area contributed by atoms with Crippen molar-refractivity contribution in [2.75, 3.05) is 27.4 Å². The molecule has 6 heteroatoms. The smallest absolute Gasteiger partial charge is 0.344 e. The van der Waals surface area contributed by atoms with Gasteiger partial charge < -0.3 is 24.1 Å². The largest absolute Gasteiger partial charge is 0.493 e. The van der Waals surface area contributed by atoms with Crippen LogP contribution in [0.25, 0.3) is 0 Å². The summed E-state index contributed by atoms with van der Waals surface area (Å²) in [4.78, 5) is 11.9.